The smallest absolute Gasteiger partial charge is 0.253 e. The third kappa shape index (κ3) is 2.70. The van der Waals surface area contributed by atoms with E-state index in [-0.39, 0.29) is 12.5 Å². The Morgan fingerprint density at radius 3 is 2.95 bits per heavy atom. The van der Waals surface area contributed by atoms with Gasteiger partial charge >= 0.3 is 0 Å². The van der Waals surface area contributed by atoms with E-state index >= 15 is 0 Å². The zero-order valence-corrected chi connectivity index (χ0v) is 12.4. The summed E-state index contributed by atoms with van der Waals surface area (Å²) < 4.78 is 0. The Morgan fingerprint density at radius 1 is 1.38 bits per heavy atom. The number of aromatic nitrogens is 1. The van der Waals surface area contributed by atoms with Gasteiger partial charge in [-0.15, -0.1) is 0 Å². The highest BCUT2D eigenvalue weighted by atomic mass is 32.1. The molecule has 0 radical (unpaired) electrons. The van der Waals surface area contributed by atoms with Gasteiger partial charge in [0.1, 0.15) is 0 Å². The van der Waals surface area contributed by atoms with Gasteiger partial charge in [0.15, 0.2) is 0 Å². The molecule has 0 spiro atoms. The van der Waals surface area contributed by atoms with E-state index in [1.165, 1.54) is 11.3 Å². The van der Waals surface area contributed by atoms with Crippen LogP contribution in [0.15, 0.2) is 41.1 Å². The standard InChI is InChI=1S/C16H16N2O2S/c1-10-15(12-4-2-3-5-13(12)18-10)16(20)17-8-14(19)11-6-7-21-9-11/h2-7,9,14,18-19H,8H2,1H3,(H,17,20)/t14-/m1/s1. The minimum absolute atomic E-state index is 0.167. The van der Waals surface area contributed by atoms with E-state index < -0.39 is 6.10 Å². The van der Waals surface area contributed by atoms with Crippen molar-refractivity contribution in [3.63, 3.8) is 0 Å². The van der Waals surface area contributed by atoms with E-state index in [2.05, 4.69) is 10.3 Å². The number of carbonyl (C=O) groups is 1. The molecular formula is C16H16N2O2S. The first-order valence-electron chi connectivity index (χ1n) is 6.72. The number of benzene rings is 1. The quantitative estimate of drug-likeness (QED) is 0.693. The van der Waals surface area contributed by atoms with E-state index in [0.29, 0.717) is 5.56 Å². The zero-order chi connectivity index (χ0) is 14.8. The van der Waals surface area contributed by atoms with Gasteiger partial charge in [0.25, 0.3) is 5.91 Å². The van der Waals surface area contributed by atoms with Crippen molar-refractivity contribution in [2.75, 3.05) is 6.54 Å². The lowest BCUT2D eigenvalue weighted by Crippen LogP contribution is -2.28. The fraction of sp³-hybridized carbons (Fsp3) is 0.188. The van der Waals surface area contributed by atoms with Crippen LogP contribution in [0.3, 0.4) is 0 Å². The summed E-state index contributed by atoms with van der Waals surface area (Å²) in [5.41, 5.74) is 3.25. The lowest BCUT2D eigenvalue weighted by Gasteiger charge is -2.10. The number of amides is 1. The largest absolute Gasteiger partial charge is 0.387 e. The van der Waals surface area contributed by atoms with Gasteiger partial charge in [-0.2, -0.15) is 11.3 Å². The van der Waals surface area contributed by atoms with E-state index in [1.54, 1.807) is 0 Å². The molecule has 0 aliphatic heterocycles. The number of aliphatic hydroxyl groups excluding tert-OH is 1. The van der Waals surface area contributed by atoms with Crippen molar-refractivity contribution in [3.05, 3.63) is 57.9 Å². The van der Waals surface area contributed by atoms with Crippen LogP contribution in [0.1, 0.15) is 27.7 Å². The second-order valence-electron chi connectivity index (χ2n) is 4.95. The second kappa shape index (κ2) is 5.71. The van der Waals surface area contributed by atoms with Crippen LogP contribution in [-0.2, 0) is 0 Å². The fourth-order valence-corrected chi connectivity index (χ4v) is 3.14. The molecule has 1 amide bonds. The van der Waals surface area contributed by atoms with Crippen LogP contribution in [0.4, 0.5) is 0 Å². The van der Waals surface area contributed by atoms with Gasteiger partial charge in [0, 0.05) is 23.1 Å². The van der Waals surface area contributed by atoms with Gasteiger partial charge in [0.05, 0.1) is 11.7 Å². The number of rotatable bonds is 4. The molecule has 0 saturated carbocycles. The highest BCUT2D eigenvalue weighted by Crippen LogP contribution is 2.22. The molecule has 0 aliphatic carbocycles. The molecule has 3 rings (SSSR count). The summed E-state index contributed by atoms with van der Waals surface area (Å²) in [4.78, 5) is 15.6. The van der Waals surface area contributed by atoms with Crippen LogP contribution >= 0.6 is 11.3 Å². The van der Waals surface area contributed by atoms with Crippen molar-refractivity contribution in [2.45, 2.75) is 13.0 Å². The van der Waals surface area contributed by atoms with Gasteiger partial charge < -0.3 is 15.4 Å². The molecule has 2 aromatic heterocycles. The van der Waals surface area contributed by atoms with Crippen LogP contribution < -0.4 is 5.32 Å². The van der Waals surface area contributed by atoms with Crippen molar-refractivity contribution in [2.24, 2.45) is 0 Å². The number of aliphatic hydroxyl groups is 1. The summed E-state index contributed by atoms with van der Waals surface area (Å²) in [6, 6.07) is 9.56. The molecule has 0 aliphatic rings. The van der Waals surface area contributed by atoms with Crippen LogP contribution in [0.25, 0.3) is 10.9 Å². The lowest BCUT2D eigenvalue weighted by atomic mass is 10.1. The molecule has 2 heterocycles. The Hall–Kier alpha value is -2.11. The summed E-state index contributed by atoms with van der Waals surface area (Å²) >= 11 is 1.53. The molecular weight excluding hydrogens is 284 g/mol. The number of hydrogen-bond donors (Lipinski definition) is 3. The van der Waals surface area contributed by atoms with Crippen LogP contribution in [0, 0.1) is 6.92 Å². The van der Waals surface area contributed by atoms with Gasteiger partial charge in [0.2, 0.25) is 0 Å². The predicted octanol–water partition coefficient (Wildman–Crippen LogP) is 3.00. The molecule has 3 N–H and O–H groups in total. The Kier molecular flexibility index (Phi) is 3.77. The maximum atomic E-state index is 12.4. The number of H-pyrrole nitrogens is 1. The topological polar surface area (TPSA) is 65.1 Å². The Bertz CT molecular complexity index is 762. The number of thiophene rings is 1. The second-order valence-corrected chi connectivity index (χ2v) is 5.73. The monoisotopic (exact) mass is 300 g/mol. The molecule has 0 unspecified atom stereocenters. The SMILES string of the molecule is Cc1[nH]c2ccccc2c1C(=O)NC[C@@H](O)c1ccsc1. The third-order valence-electron chi connectivity index (χ3n) is 3.50. The first kappa shape index (κ1) is 13.9. The molecule has 1 aromatic carbocycles. The fourth-order valence-electron chi connectivity index (χ4n) is 2.43. The van der Waals surface area contributed by atoms with Crippen molar-refractivity contribution in [1.29, 1.82) is 0 Å². The minimum atomic E-state index is -0.675. The zero-order valence-electron chi connectivity index (χ0n) is 11.6. The number of para-hydroxylation sites is 1. The molecule has 0 fully saturated rings. The van der Waals surface area contributed by atoms with Gasteiger partial charge in [-0.3, -0.25) is 4.79 Å². The Balaban J connectivity index is 1.77. The normalized spacial score (nSPS) is 12.5. The van der Waals surface area contributed by atoms with E-state index in [9.17, 15) is 9.90 Å². The van der Waals surface area contributed by atoms with Crippen molar-refractivity contribution in [3.8, 4) is 0 Å². The van der Waals surface area contributed by atoms with Gasteiger partial charge in [-0.1, -0.05) is 18.2 Å². The summed E-state index contributed by atoms with van der Waals surface area (Å²) in [6.45, 7) is 2.08. The molecule has 1 atom stereocenters. The van der Waals surface area contributed by atoms with E-state index in [4.69, 9.17) is 0 Å². The highest BCUT2D eigenvalue weighted by Gasteiger charge is 2.17. The molecule has 5 heteroatoms. The summed E-state index contributed by atoms with van der Waals surface area (Å²) in [6.07, 6.45) is -0.675. The number of carbonyl (C=O) groups excluding carboxylic acids is 1. The van der Waals surface area contributed by atoms with Crippen LogP contribution in [0.5, 0.6) is 0 Å². The average Bonchev–Trinajstić information content (AvgIpc) is 3.10. The van der Waals surface area contributed by atoms with Crippen molar-refractivity contribution in [1.82, 2.24) is 10.3 Å². The maximum absolute atomic E-state index is 12.4. The van der Waals surface area contributed by atoms with E-state index in [0.717, 1.165) is 22.2 Å². The molecule has 0 bridgehead atoms. The molecule has 3 aromatic rings. The van der Waals surface area contributed by atoms with Crippen molar-refractivity contribution < 1.29 is 9.90 Å². The summed E-state index contributed by atoms with van der Waals surface area (Å²) in [5, 5.41) is 17.5. The highest BCUT2D eigenvalue weighted by molar-refractivity contribution is 7.07. The van der Waals surface area contributed by atoms with Gasteiger partial charge in [-0.25, -0.2) is 0 Å². The summed E-state index contributed by atoms with van der Waals surface area (Å²) in [5.74, 6) is -0.167. The van der Waals surface area contributed by atoms with Crippen LogP contribution in [0.2, 0.25) is 0 Å². The first-order chi connectivity index (χ1) is 10.2. The summed E-state index contributed by atoms with van der Waals surface area (Å²) in [7, 11) is 0. The first-order valence-corrected chi connectivity index (χ1v) is 7.67. The number of hydrogen-bond acceptors (Lipinski definition) is 3. The van der Waals surface area contributed by atoms with Gasteiger partial charge in [-0.05, 0) is 35.4 Å². The number of fused-ring (bicyclic) bond motifs is 1. The lowest BCUT2D eigenvalue weighted by molar-refractivity contribution is 0.0917. The van der Waals surface area contributed by atoms with E-state index in [1.807, 2.05) is 48.0 Å². The number of aromatic amines is 1. The predicted molar refractivity (Wildman–Crippen MR) is 84.6 cm³/mol. The third-order valence-corrected chi connectivity index (χ3v) is 4.21. The Morgan fingerprint density at radius 2 is 2.19 bits per heavy atom. The van der Waals surface area contributed by atoms with Crippen LogP contribution in [-0.4, -0.2) is 22.5 Å². The average molecular weight is 300 g/mol. The Labute approximate surface area is 126 Å². The minimum Gasteiger partial charge on any atom is -0.387 e. The number of aryl methyl sites for hydroxylation is 1. The molecule has 0 saturated heterocycles. The number of nitrogens with one attached hydrogen (secondary N) is 2. The maximum Gasteiger partial charge on any atom is 0.253 e. The van der Waals surface area contributed by atoms with Crippen molar-refractivity contribution >= 4 is 28.1 Å². The molecule has 108 valence electrons. The molecule has 21 heavy (non-hydrogen) atoms. The molecule has 4 nitrogen and oxygen atoms in total.